The number of carbonyl (C=O) groups is 1. The molecule has 2 rings (SSSR count). The van der Waals surface area contributed by atoms with Gasteiger partial charge in [0.1, 0.15) is 0 Å². The van der Waals surface area contributed by atoms with Crippen LogP contribution in [0.25, 0.3) is 0 Å². The molecule has 0 heterocycles. The second-order valence-electron chi connectivity index (χ2n) is 5.92. The minimum Gasteiger partial charge on any atom is -0.324 e. The van der Waals surface area contributed by atoms with Crippen molar-refractivity contribution < 1.29 is 4.79 Å². The highest BCUT2D eigenvalue weighted by Gasteiger charge is 2.22. The molecule has 21 heavy (non-hydrogen) atoms. The van der Waals surface area contributed by atoms with Crippen LogP contribution in [0.1, 0.15) is 46.0 Å². The highest BCUT2D eigenvalue weighted by molar-refractivity contribution is 8.00. The number of rotatable bonds is 6. The molecule has 0 saturated heterocycles. The molecule has 1 aliphatic carbocycles. The number of benzene rings is 1. The molecule has 0 aliphatic heterocycles. The monoisotopic (exact) mass is 306 g/mol. The van der Waals surface area contributed by atoms with Crippen LogP contribution in [0.2, 0.25) is 0 Å². The summed E-state index contributed by atoms with van der Waals surface area (Å²) in [6.45, 7) is 4.07. The van der Waals surface area contributed by atoms with Crippen LogP contribution in [-0.4, -0.2) is 17.2 Å². The van der Waals surface area contributed by atoms with E-state index in [2.05, 4.69) is 18.3 Å². The van der Waals surface area contributed by atoms with E-state index in [4.69, 9.17) is 5.73 Å². The van der Waals surface area contributed by atoms with Gasteiger partial charge in [-0.05, 0) is 30.9 Å². The number of amides is 1. The van der Waals surface area contributed by atoms with Crippen LogP contribution in [0, 0.1) is 5.92 Å². The Labute approximate surface area is 132 Å². The number of hydrogen-bond donors (Lipinski definition) is 2. The molecule has 4 heteroatoms. The Kier molecular flexibility index (Phi) is 6.12. The molecule has 3 N–H and O–H groups in total. The van der Waals surface area contributed by atoms with Crippen molar-refractivity contribution in [1.82, 2.24) is 0 Å². The fourth-order valence-electron chi connectivity index (χ4n) is 2.59. The lowest BCUT2D eigenvalue weighted by Crippen LogP contribution is -2.40. The second-order valence-corrected chi connectivity index (χ2v) is 7.26. The van der Waals surface area contributed by atoms with Crippen molar-refractivity contribution in [2.75, 3.05) is 5.32 Å². The van der Waals surface area contributed by atoms with Crippen molar-refractivity contribution in [2.45, 2.75) is 62.1 Å². The zero-order chi connectivity index (χ0) is 15.2. The lowest BCUT2D eigenvalue weighted by molar-refractivity contribution is -0.118. The lowest BCUT2D eigenvalue weighted by Gasteiger charge is -2.19. The summed E-state index contributed by atoms with van der Waals surface area (Å²) in [5.41, 5.74) is 6.91. The fraction of sp³-hybridized carbons (Fsp3) is 0.588. The van der Waals surface area contributed by atoms with E-state index in [-0.39, 0.29) is 11.8 Å². The van der Waals surface area contributed by atoms with Gasteiger partial charge in [-0.1, -0.05) is 45.2 Å². The molecule has 1 amide bonds. The third-order valence-electron chi connectivity index (χ3n) is 4.30. The zero-order valence-electron chi connectivity index (χ0n) is 13.0. The van der Waals surface area contributed by atoms with Crippen LogP contribution in [0.15, 0.2) is 29.2 Å². The topological polar surface area (TPSA) is 55.1 Å². The van der Waals surface area contributed by atoms with E-state index in [1.165, 1.54) is 25.7 Å². The molecule has 0 bridgehead atoms. The van der Waals surface area contributed by atoms with Gasteiger partial charge in [0.2, 0.25) is 5.91 Å². The normalized spacial score (nSPS) is 18.4. The summed E-state index contributed by atoms with van der Waals surface area (Å²) in [5.74, 6) is 0.114. The third-order valence-corrected chi connectivity index (χ3v) is 5.72. The van der Waals surface area contributed by atoms with Gasteiger partial charge in [-0.2, -0.15) is 0 Å². The SMILES string of the molecule is CC[C@H](C)[C@H](N)C(=O)Nc1ccccc1SC1CCCC1. The Morgan fingerprint density at radius 2 is 2.05 bits per heavy atom. The molecule has 1 saturated carbocycles. The van der Waals surface area contributed by atoms with E-state index in [0.717, 1.165) is 17.0 Å². The molecule has 1 aliphatic rings. The highest BCUT2D eigenvalue weighted by atomic mass is 32.2. The quantitative estimate of drug-likeness (QED) is 0.834. The lowest BCUT2D eigenvalue weighted by atomic mass is 9.99. The molecule has 0 radical (unpaired) electrons. The van der Waals surface area contributed by atoms with Crippen LogP contribution in [-0.2, 0) is 4.79 Å². The average molecular weight is 306 g/mol. The Morgan fingerprint density at radius 1 is 1.38 bits per heavy atom. The van der Waals surface area contributed by atoms with E-state index < -0.39 is 6.04 Å². The molecule has 3 nitrogen and oxygen atoms in total. The maximum Gasteiger partial charge on any atom is 0.241 e. The van der Waals surface area contributed by atoms with Gasteiger partial charge in [0.05, 0.1) is 11.7 Å². The first-order chi connectivity index (χ1) is 10.1. The van der Waals surface area contributed by atoms with Crippen molar-refractivity contribution in [3.63, 3.8) is 0 Å². The number of hydrogen-bond acceptors (Lipinski definition) is 3. The minimum atomic E-state index is -0.445. The highest BCUT2D eigenvalue weighted by Crippen LogP contribution is 2.38. The largest absolute Gasteiger partial charge is 0.324 e. The molecule has 2 atom stereocenters. The Hall–Kier alpha value is -1.00. The van der Waals surface area contributed by atoms with Gasteiger partial charge >= 0.3 is 0 Å². The maximum absolute atomic E-state index is 12.3. The number of carbonyl (C=O) groups excluding carboxylic acids is 1. The van der Waals surface area contributed by atoms with E-state index in [1.807, 2.05) is 36.9 Å². The predicted octanol–water partition coefficient (Wildman–Crippen LogP) is 4.03. The number of thioether (sulfide) groups is 1. The fourth-order valence-corrected chi connectivity index (χ4v) is 3.92. The predicted molar refractivity (Wildman–Crippen MR) is 90.6 cm³/mol. The summed E-state index contributed by atoms with van der Waals surface area (Å²) in [7, 11) is 0. The summed E-state index contributed by atoms with van der Waals surface area (Å²) in [5, 5.41) is 3.70. The smallest absolute Gasteiger partial charge is 0.241 e. The van der Waals surface area contributed by atoms with Crippen molar-refractivity contribution in [3.05, 3.63) is 24.3 Å². The Balaban J connectivity index is 2.03. The number of anilines is 1. The summed E-state index contributed by atoms with van der Waals surface area (Å²) >= 11 is 1.89. The van der Waals surface area contributed by atoms with Crippen molar-refractivity contribution in [1.29, 1.82) is 0 Å². The zero-order valence-corrected chi connectivity index (χ0v) is 13.8. The van der Waals surface area contributed by atoms with Crippen LogP contribution < -0.4 is 11.1 Å². The van der Waals surface area contributed by atoms with E-state index in [0.29, 0.717) is 5.25 Å². The van der Waals surface area contributed by atoms with Gasteiger partial charge in [0.25, 0.3) is 0 Å². The van der Waals surface area contributed by atoms with Crippen LogP contribution in [0.4, 0.5) is 5.69 Å². The van der Waals surface area contributed by atoms with Crippen LogP contribution >= 0.6 is 11.8 Å². The molecule has 116 valence electrons. The Morgan fingerprint density at radius 3 is 2.71 bits per heavy atom. The van der Waals surface area contributed by atoms with Gasteiger partial charge in [0.15, 0.2) is 0 Å². The summed E-state index contributed by atoms with van der Waals surface area (Å²) in [4.78, 5) is 13.4. The molecular weight excluding hydrogens is 280 g/mol. The van der Waals surface area contributed by atoms with E-state index >= 15 is 0 Å². The molecule has 0 aromatic heterocycles. The van der Waals surface area contributed by atoms with Gasteiger partial charge in [0, 0.05) is 10.1 Å². The summed E-state index contributed by atoms with van der Waals surface area (Å²) in [6, 6.07) is 7.61. The molecule has 0 unspecified atom stereocenters. The first kappa shape index (κ1) is 16.4. The molecule has 1 aromatic rings. The number of nitrogens with one attached hydrogen (secondary N) is 1. The van der Waals surface area contributed by atoms with Crippen molar-refractivity contribution in [3.8, 4) is 0 Å². The van der Waals surface area contributed by atoms with Crippen molar-refractivity contribution >= 4 is 23.4 Å². The standard InChI is InChI=1S/C17H26N2OS/c1-3-12(2)16(18)17(20)19-14-10-6-7-11-15(14)21-13-8-4-5-9-13/h6-7,10-13,16H,3-5,8-9,18H2,1-2H3,(H,19,20)/t12-,16-/m0/s1. The molecule has 1 aromatic carbocycles. The molecular formula is C17H26N2OS. The first-order valence-corrected chi connectivity index (χ1v) is 8.82. The third kappa shape index (κ3) is 4.48. The van der Waals surface area contributed by atoms with Crippen LogP contribution in [0.3, 0.4) is 0 Å². The van der Waals surface area contributed by atoms with Gasteiger partial charge in [-0.3, -0.25) is 4.79 Å². The van der Waals surface area contributed by atoms with Gasteiger partial charge in [-0.25, -0.2) is 0 Å². The van der Waals surface area contributed by atoms with E-state index in [9.17, 15) is 4.79 Å². The van der Waals surface area contributed by atoms with Gasteiger partial charge in [-0.15, -0.1) is 11.8 Å². The Bertz CT molecular complexity index is 472. The summed E-state index contributed by atoms with van der Waals surface area (Å²) in [6.07, 6.45) is 6.11. The van der Waals surface area contributed by atoms with Gasteiger partial charge < -0.3 is 11.1 Å². The molecule has 0 spiro atoms. The minimum absolute atomic E-state index is 0.0798. The average Bonchev–Trinajstić information content (AvgIpc) is 3.00. The van der Waals surface area contributed by atoms with Crippen LogP contribution in [0.5, 0.6) is 0 Å². The number of nitrogens with two attached hydrogens (primary N) is 1. The van der Waals surface area contributed by atoms with Crippen molar-refractivity contribution in [2.24, 2.45) is 11.7 Å². The maximum atomic E-state index is 12.3. The summed E-state index contributed by atoms with van der Waals surface area (Å²) < 4.78 is 0. The first-order valence-electron chi connectivity index (χ1n) is 7.94. The number of para-hydroxylation sites is 1. The molecule has 1 fully saturated rings. The second kappa shape index (κ2) is 7.85. The van der Waals surface area contributed by atoms with E-state index in [1.54, 1.807) is 0 Å².